The molecule has 0 radical (unpaired) electrons. The number of benzene rings is 2. The van der Waals surface area contributed by atoms with Gasteiger partial charge in [0.2, 0.25) is 0 Å². The molecule has 0 amide bonds. The van der Waals surface area contributed by atoms with Crippen molar-refractivity contribution in [2.24, 2.45) is 0 Å². The van der Waals surface area contributed by atoms with Crippen LogP contribution in [0.3, 0.4) is 0 Å². The molecule has 0 spiro atoms. The van der Waals surface area contributed by atoms with Crippen LogP contribution in [0.1, 0.15) is 32.0 Å². The van der Waals surface area contributed by atoms with Crippen LogP contribution in [0.5, 0.6) is 0 Å². The van der Waals surface area contributed by atoms with E-state index in [4.69, 9.17) is 0 Å². The van der Waals surface area contributed by atoms with Gasteiger partial charge in [-0.05, 0) is 36.1 Å². The van der Waals surface area contributed by atoms with Gasteiger partial charge in [0.25, 0.3) is 0 Å². The first-order valence-electron chi connectivity index (χ1n) is 8.26. The van der Waals surface area contributed by atoms with E-state index in [1.165, 1.54) is 22.3 Å². The highest BCUT2D eigenvalue weighted by Gasteiger charge is 2.10. The second-order valence-electron chi connectivity index (χ2n) is 5.10. The van der Waals surface area contributed by atoms with E-state index < -0.39 is 0 Å². The van der Waals surface area contributed by atoms with Gasteiger partial charge in [-0.25, -0.2) is 0 Å². The Labute approximate surface area is 139 Å². The Morgan fingerprint density at radius 2 is 1.52 bits per heavy atom. The molecule has 3 rings (SSSR count). The first-order valence-corrected chi connectivity index (χ1v) is 8.26. The van der Waals surface area contributed by atoms with E-state index in [1.807, 2.05) is 19.9 Å². The Morgan fingerprint density at radius 1 is 0.826 bits per heavy atom. The van der Waals surface area contributed by atoms with Gasteiger partial charge in [0.1, 0.15) is 0 Å². The maximum Gasteiger partial charge on any atom is 0.0920 e. The van der Waals surface area contributed by atoms with E-state index >= 15 is 0 Å². The fraction of sp³-hybridized carbons (Fsp3) is 0.238. The van der Waals surface area contributed by atoms with Crippen LogP contribution in [0.2, 0.25) is 0 Å². The summed E-state index contributed by atoms with van der Waals surface area (Å²) in [6.45, 7) is 8.24. The van der Waals surface area contributed by atoms with E-state index in [0.29, 0.717) is 0 Å². The Bertz CT molecular complexity index is 749. The lowest BCUT2D eigenvalue weighted by Crippen LogP contribution is -1.97. The Balaban J connectivity index is 0.000000924. The molecule has 0 atom stereocenters. The lowest BCUT2D eigenvalue weighted by atomic mass is 9.96. The van der Waals surface area contributed by atoms with Crippen LogP contribution in [-0.2, 0) is 6.42 Å². The maximum absolute atomic E-state index is 4.55. The largest absolute Gasteiger partial charge is 0.257 e. The normalized spacial score (nSPS) is 9.91. The Hall–Kier alpha value is -2.48. The minimum atomic E-state index is 0.887. The molecule has 2 nitrogen and oxygen atoms in total. The fourth-order valence-electron chi connectivity index (χ4n) is 2.54. The summed E-state index contributed by atoms with van der Waals surface area (Å²) in [5, 5.41) is 0. The van der Waals surface area contributed by atoms with Gasteiger partial charge in [-0.15, -0.1) is 0 Å². The standard InChI is InChI=1S/C19H18N2.C2H6/c1-3-18-19(21-12-11-20-18)17-13-16(10-9-14(17)2)15-7-5-4-6-8-15;1-2/h4-13H,3H2,1-2H3;1-2H3. The van der Waals surface area contributed by atoms with Crippen LogP contribution < -0.4 is 0 Å². The summed E-state index contributed by atoms with van der Waals surface area (Å²) in [5.74, 6) is 0. The van der Waals surface area contributed by atoms with E-state index in [9.17, 15) is 0 Å². The molecule has 0 bridgehead atoms. The number of aryl methyl sites for hydroxylation is 2. The van der Waals surface area contributed by atoms with Crippen LogP contribution in [0.25, 0.3) is 22.4 Å². The molecule has 0 unspecified atom stereocenters. The Kier molecular flexibility index (Phi) is 6.04. The zero-order valence-corrected chi connectivity index (χ0v) is 14.4. The zero-order chi connectivity index (χ0) is 16.7. The van der Waals surface area contributed by atoms with Crippen molar-refractivity contribution in [1.29, 1.82) is 0 Å². The summed E-state index contributed by atoms with van der Waals surface area (Å²) in [6, 6.07) is 17.0. The van der Waals surface area contributed by atoms with E-state index in [1.54, 1.807) is 12.4 Å². The highest BCUT2D eigenvalue weighted by Crippen LogP contribution is 2.29. The molecular weight excluding hydrogens is 280 g/mol. The fourth-order valence-corrected chi connectivity index (χ4v) is 2.54. The molecular formula is C21H24N2. The first kappa shape index (κ1) is 16.9. The van der Waals surface area contributed by atoms with Gasteiger partial charge >= 0.3 is 0 Å². The maximum atomic E-state index is 4.55. The van der Waals surface area contributed by atoms with Crippen molar-refractivity contribution in [1.82, 2.24) is 9.97 Å². The summed E-state index contributed by atoms with van der Waals surface area (Å²) in [7, 11) is 0. The van der Waals surface area contributed by atoms with Crippen molar-refractivity contribution in [2.45, 2.75) is 34.1 Å². The van der Waals surface area contributed by atoms with Crippen molar-refractivity contribution in [3.63, 3.8) is 0 Å². The smallest absolute Gasteiger partial charge is 0.0920 e. The molecule has 118 valence electrons. The van der Waals surface area contributed by atoms with Crippen molar-refractivity contribution in [3.05, 3.63) is 72.2 Å². The number of hydrogen-bond donors (Lipinski definition) is 0. The van der Waals surface area contributed by atoms with Gasteiger partial charge in [0, 0.05) is 18.0 Å². The summed E-state index contributed by atoms with van der Waals surface area (Å²) < 4.78 is 0. The van der Waals surface area contributed by atoms with Crippen molar-refractivity contribution in [3.8, 4) is 22.4 Å². The minimum Gasteiger partial charge on any atom is -0.257 e. The monoisotopic (exact) mass is 304 g/mol. The lowest BCUT2D eigenvalue weighted by Gasteiger charge is -2.11. The molecule has 0 N–H and O–H groups in total. The molecule has 0 aliphatic carbocycles. The van der Waals surface area contributed by atoms with E-state index in [0.717, 1.165) is 17.8 Å². The van der Waals surface area contributed by atoms with Crippen LogP contribution in [-0.4, -0.2) is 9.97 Å². The average molecular weight is 304 g/mol. The third-order valence-electron chi connectivity index (χ3n) is 3.71. The molecule has 0 saturated carbocycles. The van der Waals surface area contributed by atoms with Crippen LogP contribution in [0.15, 0.2) is 60.9 Å². The first-order chi connectivity index (χ1) is 11.3. The summed E-state index contributed by atoms with van der Waals surface area (Å²) in [4.78, 5) is 9.01. The van der Waals surface area contributed by atoms with E-state index in [2.05, 4.69) is 66.3 Å². The SMILES string of the molecule is CC.CCc1nccnc1-c1cc(-c2ccccc2)ccc1C. The molecule has 23 heavy (non-hydrogen) atoms. The van der Waals surface area contributed by atoms with Gasteiger partial charge in [-0.2, -0.15) is 0 Å². The quantitative estimate of drug-likeness (QED) is 0.619. The number of rotatable bonds is 3. The van der Waals surface area contributed by atoms with Gasteiger partial charge in [0.05, 0.1) is 11.4 Å². The van der Waals surface area contributed by atoms with Gasteiger partial charge in [-0.1, -0.05) is 63.2 Å². The molecule has 2 aromatic carbocycles. The predicted octanol–water partition coefficient (Wildman–Crippen LogP) is 5.71. The average Bonchev–Trinajstić information content (AvgIpc) is 2.64. The topological polar surface area (TPSA) is 25.8 Å². The van der Waals surface area contributed by atoms with Crippen molar-refractivity contribution < 1.29 is 0 Å². The lowest BCUT2D eigenvalue weighted by molar-refractivity contribution is 1.00. The molecule has 1 heterocycles. The zero-order valence-electron chi connectivity index (χ0n) is 14.4. The highest BCUT2D eigenvalue weighted by molar-refractivity contribution is 5.74. The third kappa shape index (κ3) is 3.84. The van der Waals surface area contributed by atoms with Gasteiger partial charge < -0.3 is 0 Å². The summed E-state index contributed by atoms with van der Waals surface area (Å²) >= 11 is 0. The minimum absolute atomic E-state index is 0.887. The third-order valence-corrected chi connectivity index (χ3v) is 3.71. The van der Waals surface area contributed by atoms with Crippen molar-refractivity contribution >= 4 is 0 Å². The van der Waals surface area contributed by atoms with Crippen molar-refractivity contribution in [2.75, 3.05) is 0 Å². The molecule has 0 aliphatic rings. The van der Waals surface area contributed by atoms with Crippen LogP contribution >= 0.6 is 0 Å². The highest BCUT2D eigenvalue weighted by atomic mass is 14.8. The van der Waals surface area contributed by atoms with Crippen LogP contribution in [0.4, 0.5) is 0 Å². The second-order valence-corrected chi connectivity index (χ2v) is 5.10. The number of nitrogens with zero attached hydrogens (tertiary/aromatic N) is 2. The summed E-state index contributed by atoms with van der Waals surface area (Å²) in [6.07, 6.45) is 4.42. The Morgan fingerprint density at radius 3 is 2.22 bits per heavy atom. The number of hydrogen-bond acceptors (Lipinski definition) is 2. The molecule has 0 aliphatic heterocycles. The van der Waals surface area contributed by atoms with Gasteiger partial charge in [0.15, 0.2) is 0 Å². The van der Waals surface area contributed by atoms with Gasteiger partial charge in [-0.3, -0.25) is 9.97 Å². The predicted molar refractivity (Wildman–Crippen MR) is 98.4 cm³/mol. The second kappa shape index (κ2) is 8.23. The molecule has 0 fully saturated rings. The molecule has 0 saturated heterocycles. The number of aromatic nitrogens is 2. The molecule has 3 aromatic rings. The molecule has 2 heteroatoms. The molecule has 1 aromatic heterocycles. The summed E-state index contributed by atoms with van der Waals surface area (Å²) in [5.41, 5.74) is 6.87. The van der Waals surface area contributed by atoms with E-state index in [-0.39, 0.29) is 0 Å². The van der Waals surface area contributed by atoms with Crippen LogP contribution in [0, 0.1) is 6.92 Å².